The predicted molar refractivity (Wildman–Crippen MR) is 145 cm³/mol. The molecule has 0 saturated carbocycles. The summed E-state index contributed by atoms with van der Waals surface area (Å²) in [6.45, 7) is 6.28. The molecule has 2 aliphatic heterocycles. The van der Waals surface area contributed by atoms with Gasteiger partial charge in [0.05, 0.1) is 11.0 Å². The lowest BCUT2D eigenvalue weighted by Crippen LogP contribution is -2.45. The summed E-state index contributed by atoms with van der Waals surface area (Å²) in [5, 5.41) is 0.970. The maximum atomic E-state index is 13.9. The summed E-state index contributed by atoms with van der Waals surface area (Å²) < 4.78 is 16.2. The van der Waals surface area contributed by atoms with E-state index in [0.717, 1.165) is 98.8 Å². The minimum Gasteiger partial charge on any atom is -0.368 e. The van der Waals surface area contributed by atoms with Gasteiger partial charge < -0.3 is 15.2 Å². The first-order chi connectivity index (χ1) is 18.0. The van der Waals surface area contributed by atoms with Gasteiger partial charge in [0.2, 0.25) is 11.9 Å². The largest absolute Gasteiger partial charge is 0.368 e. The number of likely N-dealkylation sites (tertiary alicyclic amines) is 2. The molecule has 8 nitrogen and oxygen atoms in total. The fraction of sp³-hybridized carbons (Fsp3) is 0.556. The molecule has 0 radical (unpaired) electrons. The third-order valence-electron chi connectivity index (χ3n) is 7.56. The van der Waals surface area contributed by atoms with Gasteiger partial charge in [0.25, 0.3) is 0 Å². The van der Waals surface area contributed by atoms with Crippen LogP contribution < -0.4 is 5.73 Å². The minimum atomic E-state index is -0.254. The maximum Gasteiger partial charge on any atom is 0.225 e. The highest BCUT2D eigenvalue weighted by molar-refractivity contribution is 7.99. The summed E-state index contributed by atoms with van der Waals surface area (Å²) in [5.41, 5.74) is 8.33. The third-order valence-corrected chi connectivity index (χ3v) is 8.60. The first-order valence-corrected chi connectivity index (χ1v) is 14.4. The van der Waals surface area contributed by atoms with Crippen molar-refractivity contribution >= 4 is 34.7 Å². The van der Waals surface area contributed by atoms with Crippen LogP contribution in [0.4, 0.5) is 10.3 Å². The van der Waals surface area contributed by atoms with Gasteiger partial charge in [-0.25, -0.2) is 19.3 Å². The van der Waals surface area contributed by atoms with Crippen LogP contribution in [0.15, 0.2) is 35.7 Å². The number of piperidine rings is 2. The number of rotatable bonds is 8. The van der Waals surface area contributed by atoms with Crippen molar-refractivity contribution in [2.45, 2.75) is 63.2 Å². The Kier molecular flexibility index (Phi) is 8.24. The number of halogens is 1. The summed E-state index contributed by atoms with van der Waals surface area (Å²) in [5.74, 6) is 1.43. The molecule has 0 spiro atoms. The monoisotopic (exact) mass is 525 g/mol. The molecule has 1 amide bonds. The molecule has 2 fully saturated rings. The second kappa shape index (κ2) is 11.8. The summed E-state index contributed by atoms with van der Waals surface area (Å²) in [6, 6.07) is 5.17. The number of amides is 1. The quantitative estimate of drug-likeness (QED) is 0.342. The Hall–Kier alpha value is -2.72. The van der Waals surface area contributed by atoms with Crippen LogP contribution in [0.1, 0.15) is 57.1 Å². The Bertz CT molecular complexity index is 1200. The normalized spacial score (nSPS) is 18.1. The number of aromatic nitrogens is 4. The highest BCUT2D eigenvalue weighted by atomic mass is 32.2. The first kappa shape index (κ1) is 25.9. The molecule has 0 aliphatic carbocycles. The van der Waals surface area contributed by atoms with E-state index in [-0.39, 0.29) is 17.8 Å². The third kappa shape index (κ3) is 6.06. The van der Waals surface area contributed by atoms with Crippen LogP contribution in [-0.2, 0) is 11.3 Å². The van der Waals surface area contributed by atoms with Crippen molar-refractivity contribution < 1.29 is 9.18 Å². The summed E-state index contributed by atoms with van der Waals surface area (Å²) >= 11 is 1.76. The smallest absolute Gasteiger partial charge is 0.225 e. The van der Waals surface area contributed by atoms with Crippen molar-refractivity contribution in [2.24, 2.45) is 5.92 Å². The number of benzene rings is 1. The van der Waals surface area contributed by atoms with Crippen LogP contribution in [0, 0.1) is 11.7 Å². The maximum absolute atomic E-state index is 13.9. The standard InChI is InChI=1S/C27H36FN7OS/c1-2-3-14-37-27-32-23-15-21(28)4-5-24(23)35(27)22-8-12-34(13-9-22)25(36)20-6-10-33(11-7-20)18-19-16-30-26(29)31-17-19/h4-5,15-17,20,22H,2-3,6-14,18H2,1H3,(H2,29,30,31). The second-order valence-corrected chi connectivity index (χ2v) is 11.2. The summed E-state index contributed by atoms with van der Waals surface area (Å²) in [7, 11) is 0. The number of nitrogens with two attached hydrogens (primary N) is 1. The van der Waals surface area contributed by atoms with Crippen molar-refractivity contribution in [3.05, 3.63) is 42.0 Å². The van der Waals surface area contributed by atoms with Crippen molar-refractivity contribution in [1.29, 1.82) is 0 Å². The molecule has 0 unspecified atom stereocenters. The molecule has 2 N–H and O–H groups in total. The molecule has 0 bridgehead atoms. The molecule has 1 aromatic carbocycles. The second-order valence-electron chi connectivity index (χ2n) is 10.2. The number of imidazole rings is 1. The minimum absolute atomic E-state index is 0.0904. The van der Waals surface area contributed by atoms with E-state index < -0.39 is 0 Å². The first-order valence-electron chi connectivity index (χ1n) is 13.4. The zero-order valence-corrected chi connectivity index (χ0v) is 22.3. The average molecular weight is 526 g/mol. The molecule has 5 rings (SSSR count). The van der Waals surface area contributed by atoms with Gasteiger partial charge in [-0.1, -0.05) is 25.1 Å². The van der Waals surface area contributed by atoms with E-state index in [1.165, 1.54) is 12.1 Å². The Labute approximate surface area is 221 Å². The Balaban J connectivity index is 1.17. The van der Waals surface area contributed by atoms with Crippen molar-refractivity contribution in [2.75, 3.05) is 37.7 Å². The van der Waals surface area contributed by atoms with Gasteiger partial charge in [0.15, 0.2) is 5.16 Å². The van der Waals surface area contributed by atoms with Crippen molar-refractivity contribution in [3.63, 3.8) is 0 Å². The molecule has 3 aromatic rings. The highest BCUT2D eigenvalue weighted by Crippen LogP contribution is 2.34. The zero-order chi connectivity index (χ0) is 25.8. The number of nitrogen functional groups attached to an aromatic ring is 1. The molecular formula is C27H36FN7OS. The Morgan fingerprint density at radius 1 is 1.11 bits per heavy atom. The lowest BCUT2D eigenvalue weighted by Gasteiger charge is -2.38. The SMILES string of the molecule is CCCCSc1nc2cc(F)ccc2n1C1CCN(C(=O)C2CCN(Cc3cnc(N)nc3)CC2)CC1. The lowest BCUT2D eigenvalue weighted by molar-refractivity contribution is -0.138. The predicted octanol–water partition coefficient (Wildman–Crippen LogP) is 4.52. The van der Waals surface area contributed by atoms with E-state index in [1.807, 2.05) is 6.07 Å². The molecule has 2 aliphatic rings. The topological polar surface area (TPSA) is 93.2 Å². The van der Waals surface area contributed by atoms with Crippen molar-refractivity contribution in [3.8, 4) is 0 Å². The molecule has 37 heavy (non-hydrogen) atoms. The van der Waals surface area contributed by atoms with Crippen LogP contribution in [0.25, 0.3) is 11.0 Å². The molecule has 2 aromatic heterocycles. The molecule has 2 saturated heterocycles. The fourth-order valence-electron chi connectivity index (χ4n) is 5.46. The Morgan fingerprint density at radius 3 is 2.54 bits per heavy atom. The van der Waals surface area contributed by atoms with Gasteiger partial charge in [-0.2, -0.15) is 0 Å². The van der Waals surface area contributed by atoms with E-state index >= 15 is 0 Å². The number of fused-ring (bicyclic) bond motifs is 1. The molecule has 10 heteroatoms. The number of carbonyl (C=O) groups is 1. The average Bonchev–Trinajstić information content (AvgIpc) is 3.27. The highest BCUT2D eigenvalue weighted by Gasteiger charge is 2.32. The van der Waals surface area contributed by atoms with Gasteiger partial charge in [0.1, 0.15) is 5.82 Å². The summed E-state index contributed by atoms with van der Waals surface area (Å²) in [4.78, 5) is 30.7. The number of carbonyl (C=O) groups excluding carboxylic acids is 1. The van der Waals surface area contributed by atoms with Gasteiger partial charge >= 0.3 is 0 Å². The number of thioether (sulfide) groups is 1. The summed E-state index contributed by atoms with van der Waals surface area (Å²) in [6.07, 6.45) is 9.36. The van der Waals surface area contributed by atoms with Crippen LogP contribution in [0.2, 0.25) is 0 Å². The Morgan fingerprint density at radius 2 is 1.84 bits per heavy atom. The van der Waals surface area contributed by atoms with Gasteiger partial charge in [0, 0.05) is 61.4 Å². The van der Waals surface area contributed by atoms with Crippen molar-refractivity contribution in [1.82, 2.24) is 29.3 Å². The molecule has 0 atom stereocenters. The fourth-order valence-corrected chi connectivity index (χ4v) is 6.62. The van der Waals surface area contributed by atoms with E-state index in [9.17, 15) is 9.18 Å². The zero-order valence-electron chi connectivity index (χ0n) is 21.5. The van der Waals surface area contributed by atoms with Crippen LogP contribution in [0.5, 0.6) is 0 Å². The van der Waals surface area contributed by atoms with E-state index in [1.54, 1.807) is 24.2 Å². The number of unbranched alkanes of at least 4 members (excludes halogenated alkanes) is 1. The number of hydrogen-bond acceptors (Lipinski definition) is 7. The number of hydrogen-bond donors (Lipinski definition) is 1. The van der Waals surface area contributed by atoms with E-state index in [0.29, 0.717) is 11.9 Å². The van der Waals surface area contributed by atoms with Crippen LogP contribution in [0.3, 0.4) is 0 Å². The molecular weight excluding hydrogens is 489 g/mol. The van der Waals surface area contributed by atoms with E-state index in [4.69, 9.17) is 10.7 Å². The van der Waals surface area contributed by atoms with Crippen LogP contribution in [-0.4, -0.2) is 67.2 Å². The number of anilines is 1. The van der Waals surface area contributed by atoms with Gasteiger partial charge in [-0.3, -0.25) is 9.69 Å². The van der Waals surface area contributed by atoms with E-state index in [2.05, 4.69) is 31.3 Å². The molecule has 198 valence electrons. The van der Waals surface area contributed by atoms with Gasteiger partial charge in [-0.15, -0.1) is 0 Å². The molecule has 4 heterocycles. The number of nitrogens with zero attached hydrogens (tertiary/aromatic N) is 6. The van der Waals surface area contributed by atoms with Gasteiger partial charge in [-0.05, 0) is 57.3 Å². The van der Waals surface area contributed by atoms with Crippen LogP contribution >= 0.6 is 11.8 Å². The lowest BCUT2D eigenvalue weighted by atomic mass is 9.93.